The van der Waals surface area contributed by atoms with E-state index in [0.717, 1.165) is 18.5 Å². The summed E-state index contributed by atoms with van der Waals surface area (Å²) in [6, 6.07) is 15.6. The number of rotatable bonds is 10. The normalized spacial score (nSPS) is 11.5. The molecule has 1 heterocycles. The van der Waals surface area contributed by atoms with Crippen molar-refractivity contribution in [2.24, 2.45) is 0 Å². The Labute approximate surface area is 191 Å². The van der Waals surface area contributed by atoms with Gasteiger partial charge in [-0.05, 0) is 51.7 Å². The molecule has 1 aromatic heterocycles. The minimum Gasteiger partial charge on any atom is -0.406 e. The maximum absolute atomic E-state index is 12.6. The van der Waals surface area contributed by atoms with Gasteiger partial charge in [-0.1, -0.05) is 42.0 Å². The number of ether oxygens (including phenoxy) is 1. The number of benzene rings is 2. The summed E-state index contributed by atoms with van der Waals surface area (Å²) in [6.07, 6.45) is -3.87. The third-order valence-corrected chi connectivity index (χ3v) is 4.75. The van der Waals surface area contributed by atoms with Crippen LogP contribution in [0.1, 0.15) is 17.5 Å². The summed E-state index contributed by atoms with van der Waals surface area (Å²) in [5, 5.41) is 6.49. The van der Waals surface area contributed by atoms with Crippen molar-refractivity contribution in [1.82, 2.24) is 14.9 Å². The zero-order chi connectivity index (χ0) is 23.8. The molecule has 0 aliphatic carbocycles. The number of nitrogens with zero attached hydrogens (tertiary/aromatic N) is 3. The zero-order valence-corrected chi connectivity index (χ0v) is 18.9. The average molecular weight is 460 g/mol. The molecule has 0 amide bonds. The lowest BCUT2D eigenvalue weighted by molar-refractivity contribution is -0.274. The van der Waals surface area contributed by atoms with Crippen LogP contribution in [-0.4, -0.2) is 48.4 Å². The fraction of sp³-hybridized carbons (Fsp3) is 0.333. The van der Waals surface area contributed by atoms with Crippen molar-refractivity contribution in [3.05, 3.63) is 65.7 Å². The smallest absolute Gasteiger partial charge is 0.406 e. The lowest BCUT2D eigenvalue weighted by Crippen LogP contribution is -2.17. The van der Waals surface area contributed by atoms with Gasteiger partial charge in [0, 0.05) is 24.7 Å². The van der Waals surface area contributed by atoms with Gasteiger partial charge in [0.05, 0.1) is 5.69 Å². The van der Waals surface area contributed by atoms with Crippen molar-refractivity contribution in [3.8, 4) is 17.0 Å². The summed E-state index contributed by atoms with van der Waals surface area (Å²) >= 11 is 0. The number of halogens is 3. The van der Waals surface area contributed by atoms with Gasteiger partial charge in [-0.3, -0.25) is 0 Å². The molecule has 0 unspecified atom stereocenters. The maximum atomic E-state index is 12.6. The van der Waals surface area contributed by atoms with Gasteiger partial charge < -0.3 is 20.3 Å². The standard InChI is InChI=1S/C24H28F3N5O/c1-17-8-10-18(11-9-17)16-29-22-15-21(30-23(31-22)28-12-5-13-32(2)3)19-6-4-7-20(14-19)33-24(25,26)27/h4,6-11,14-15H,5,12-13,16H2,1-3H3,(H2,28,29,30,31). The van der Waals surface area contributed by atoms with E-state index in [2.05, 4.69) is 30.2 Å². The van der Waals surface area contributed by atoms with Crippen LogP contribution in [0, 0.1) is 6.92 Å². The molecule has 2 aromatic carbocycles. The van der Waals surface area contributed by atoms with E-state index in [9.17, 15) is 13.2 Å². The molecule has 0 aliphatic rings. The van der Waals surface area contributed by atoms with Crippen LogP contribution in [0.3, 0.4) is 0 Å². The Kier molecular flexibility index (Phi) is 8.11. The molecule has 9 heteroatoms. The zero-order valence-electron chi connectivity index (χ0n) is 18.9. The van der Waals surface area contributed by atoms with Crippen LogP contribution in [0.25, 0.3) is 11.3 Å². The highest BCUT2D eigenvalue weighted by atomic mass is 19.4. The molecule has 0 saturated carbocycles. The predicted octanol–water partition coefficient (Wildman–Crippen LogP) is 5.33. The summed E-state index contributed by atoms with van der Waals surface area (Å²) in [4.78, 5) is 11.1. The quantitative estimate of drug-likeness (QED) is 0.400. The molecule has 3 rings (SSSR count). The van der Waals surface area contributed by atoms with Crippen LogP contribution in [0.5, 0.6) is 5.75 Å². The highest BCUT2D eigenvalue weighted by Gasteiger charge is 2.31. The monoisotopic (exact) mass is 459 g/mol. The molecular formula is C24H28F3N5O. The Morgan fingerprint density at radius 1 is 0.970 bits per heavy atom. The van der Waals surface area contributed by atoms with E-state index in [0.29, 0.717) is 36.1 Å². The van der Waals surface area contributed by atoms with Gasteiger partial charge in [0.15, 0.2) is 0 Å². The highest BCUT2D eigenvalue weighted by Crippen LogP contribution is 2.28. The van der Waals surface area contributed by atoms with Gasteiger partial charge in [-0.2, -0.15) is 4.98 Å². The topological polar surface area (TPSA) is 62.3 Å². The molecule has 176 valence electrons. The number of anilines is 2. The van der Waals surface area contributed by atoms with E-state index in [1.165, 1.54) is 23.8 Å². The predicted molar refractivity (Wildman–Crippen MR) is 124 cm³/mol. The fourth-order valence-corrected chi connectivity index (χ4v) is 3.11. The first-order valence-electron chi connectivity index (χ1n) is 10.6. The lowest BCUT2D eigenvalue weighted by Gasteiger charge is -2.14. The summed E-state index contributed by atoms with van der Waals surface area (Å²) in [6.45, 7) is 4.14. The minimum atomic E-state index is -4.76. The average Bonchev–Trinajstić information content (AvgIpc) is 2.75. The highest BCUT2D eigenvalue weighted by molar-refractivity contribution is 5.66. The van der Waals surface area contributed by atoms with E-state index in [1.807, 2.05) is 45.3 Å². The summed E-state index contributed by atoms with van der Waals surface area (Å²) in [5.74, 6) is 0.672. The first-order chi connectivity index (χ1) is 15.7. The summed E-state index contributed by atoms with van der Waals surface area (Å²) < 4.78 is 42.0. The van der Waals surface area contributed by atoms with Crippen LogP contribution in [0.15, 0.2) is 54.6 Å². The molecule has 0 fully saturated rings. The van der Waals surface area contributed by atoms with E-state index < -0.39 is 6.36 Å². The summed E-state index contributed by atoms with van der Waals surface area (Å²) in [5.41, 5.74) is 3.24. The first kappa shape index (κ1) is 24.3. The second-order valence-electron chi connectivity index (χ2n) is 7.96. The minimum absolute atomic E-state index is 0.298. The largest absolute Gasteiger partial charge is 0.573 e. The molecule has 0 radical (unpaired) electrons. The Morgan fingerprint density at radius 3 is 2.42 bits per heavy atom. The van der Waals surface area contributed by atoms with E-state index in [-0.39, 0.29) is 5.75 Å². The van der Waals surface area contributed by atoms with Crippen LogP contribution in [-0.2, 0) is 6.54 Å². The van der Waals surface area contributed by atoms with Crippen molar-refractivity contribution in [1.29, 1.82) is 0 Å². The van der Waals surface area contributed by atoms with Crippen molar-refractivity contribution in [2.75, 3.05) is 37.8 Å². The number of alkyl halides is 3. The third kappa shape index (κ3) is 8.27. The van der Waals surface area contributed by atoms with Gasteiger partial charge in [0.25, 0.3) is 0 Å². The molecule has 0 aliphatic heterocycles. The second-order valence-corrected chi connectivity index (χ2v) is 7.96. The Hall–Kier alpha value is -3.33. The molecule has 6 nitrogen and oxygen atoms in total. The van der Waals surface area contributed by atoms with Crippen molar-refractivity contribution in [2.45, 2.75) is 26.3 Å². The molecule has 33 heavy (non-hydrogen) atoms. The van der Waals surface area contributed by atoms with E-state index >= 15 is 0 Å². The van der Waals surface area contributed by atoms with Gasteiger partial charge in [-0.25, -0.2) is 4.98 Å². The third-order valence-electron chi connectivity index (χ3n) is 4.75. The van der Waals surface area contributed by atoms with Gasteiger partial charge in [0.2, 0.25) is 5.95 Å². The molecular weight excluding hydrogens is 431 g/mol. The van der Waals surface area contributed by atoms with Crippen molar-refractivity contribution in [3.63, 3.8) is 0 Å². The summed E-state index contributed by atoms with van der Waals surface area (Å²) in [7, 11) is 4.00. The van der Waals surface area contributed by atoms with Gasteiger partial charge >= 0.3 is 6.36 Å². The van der Waals surface area contributed by atoms with Crippen LogP contribution < -0.4 is 15.4 Å². The SMILES string of the molecule is Cc1ccc(CNc2cc(-c3cccc(OC(F)(F)F)c3)nc(NCCCN(C)C)n2)cc1. The Balaban J connectivity index is 1.83. The molecule has 0 saturated heterocycles. The molecule has 0 spiro atoms. The Morgan fingerprint density at radius 2 is 1.73 bits per heavy atom. The van der Waals surface area contributed by atoms with Crippen LogP contribution in [0.2, 0.25) is 0 Å². The molecule has 0 bridgehead atoms. The lowest BCUT2D eigenvalue weighted by atomic mass is 10.1. The first-order valence-corrected chi connectivity index (χ1v) is 10.6. The van der Waals surface area contributed by atoms with E-state index in [4.69, 9.17) is 0 Å². The Bertz CT molecular complexity index is 1040. The van der Waals surface area contributed by atoms with Crippen LogP contribution >= 0.6 is 0 Å². The molecule has 3 aromatic rings. The maximum Gasteiger partial charge on any atom is 0.573 e. The number of hydrogen-bond acceptors (Lipinski definition) is 6. The molecule has 2 N–H and O–H groups in total. The fourth-order valence-electron chi connectivity index (χ4n) is 3.11. The second kappa shape index (κ2) is 11.0. The number of hydrogen-bond donors (Lipinski definition) is 2. The number of nitrogens with one attached hydrogen (secondary N) is 2. The number of aryl methyl sites for hydroxylation is 1. The van der Waals surface area contributed by atoms with Crippen molar-refractivity contribution < 1.29 is 17.9 Å². The van der Waals surface area contributed by atoms with Crippen LogP contribution in [0.4, 0.5) is 24.9 Å². The van der Waals surface area contributed by atoms with E-state index in [1.54, 1.807) is 12.1 Å². The number of aromatic nitrogens is 2. The molecule has 0 atom stereocenters. The van der Waals surface area contributed by atoms with Gasteiger partial charge in [0.1, 0.15) is 11.6 Å². The van der Waals surface area contributed by atoms with Gasteiger partial charge in [-0.15, -0.1) is 13.2 Å². The van der Waals surface area contributed by atoms with Crippen molar-refractivity contribution >= 4 is 11.8 Å².